The molecule has 1 aromatic carbocycles. The lowest BCUT2D eigenvalue weighted by atomic mass is 10.3. The lowest BCUT2D eigenvalue weighted by Crippen LogP contribution is -2.35. The fourth-order valence-corrected chi connectivity index (χ4v) is 3.47. The molecule has 2 aromatic rings. The summed E-state index contributed by atoms with van der Waals surface area (Å²) in [4.78, 5) is 11.0. The Morgan fingerprint density at radius 1 is 1.38 bits per heavy atom. The molecule has 0 aliphatic rings. The van der Waals surface area contributed by atoms with Crippen LogP contribution >= 0.6 is 11.6 Å². The summed E-state index contributed by atoms with van der Waals surface area (Å²) in [6, 6.07) is 7.46. The zero-order valence-corrected chi connectivity index (χ0v) is 12.7. The molecule has 21 heavy (non-hydrogen) atoms. The molecular weight excluding hydrogens is 316 g/mol. The van der Waals surface area contributed by atoms with Gasteiger partial charge < -0.3 is 9.67 Å². The van der Waals surface area contributed by atoms with Gasteiger partial charge >= 0.3 is 5.97 Å². The van der Waals surface area contributed by atoms with Crippen molar-refractivity contribution in [2.24, 2.45) is 7.05 Å². The summed E-state index contributed by atoms with van der Waals surface area (Å²) >= 11 is 5.85. The van der Waals surface area contributed by atoms with E-state index in [-0.39, 0.29) is 10.6 Å². The van der Waals surface area contributed by atoms with E-state index in [0.29, 0.717) is 5.02 Å². The Hall–Kier alpha value is -1.99. The number of benzene rings is 1. The number of aromatic nitrogens is 1. The molecule has 0 spiro atoms. The monoisotopic (exact) mass is 328 g/mol. The Morgan fingerprint density at radius 3 is 2.62 bits per heavy atom. The van der Waals surface area contributed by atoms with Gasteiger partial charge in [0.15, 0.2) is 0 Å². The molecule has 1 heterocycles. The molecule has 1 N–H and O–H groups in total. The van der Waals surface area contributed by atoms with Crippen LogP contribution in [0.4, 0.5) is 5.69 Å². The Labute approximate surface area is 127 Å². The van der Waals surface area contributed by atoms with Crippen LogP contribution in [0.1, 0.15) is 0 Å². The van der Waals surface area contributed by atoms with Gasteiger partial charge in [0.1, 0.15) is 11.4 Å². The third kappa shape index (κ3) is 3.37. The molecular formula is C13H13ClN2O4S. The first-order chi connectivity index (χ1) is 9.80. The molecule has 0 unspecified atom stereocenters. The number of hydrogen-bond acceptors (Lipinski definition) is 3. The Kier molecular flexibility index (Phi) is 4.24. The van der Waals surface area contributed by atoms with E-state index < -0.39 is 22.5 Å². The van der Waals surface area contributed by atoms with E-state index in [1.165, 1.54) is 24.4 Å². The second-order valence-corrected chi connectivity index (χ2v) is 6.70. The van der Waals surface area contributed by atoms with Crippen molar-refractivity contribution in [3.8, 4) is 0 Å². The number of carboxylic acids is 1. The van der Waals surface area contributed by atoms with Crippen molar-refractivity contribution in [1.29, 1.82) is 0 Å². The van der Waals surface area contributed by atoms with Crippen molar-refractivity contribution >= 4 is 33.3 Å². The lowest BCUT2D eigenvalue weighted by molar-refractivity contribution is -0.135. The van der Waals surface area contributed by atoms with Crippen LogP contribution < -0.4 is 4.31 Å². The number of aryl methyl sites for hydroxylation is 1. The highest BCUT2D eigenvalue weighted by Crippen LogP contribution is 2.26. The second kappa shape index (κ2) is 5.79. The average molecular weight is 329 g/mol. The van der Waals surface area contributed by atoms with Gasteiger partial charge in [-0.05, 0) is 24.3 Å². The first kappa shape index (κ1) is 15.4. The molecule has 1 aromatic heterocycles. The molecule has 0 radical (unpaired) electrons. The molecule has 0 aliphatic carbocycles. The van der Waals surface area contributed by atoms with Crippen LogP contribution in [0.2, 0.25) is 5.02 Å². The van der Waals surface area contributed by atoms with Crippen LogP contribution in [0.15, 0.2) is 47.6 Å². The molecule has 0 atom stereocenters. The number of aliphatic carboxylic acids is 1. The van der Waals surface area contributed by atoms with Gasteiger partial charge in [-0.2, -0.15) is 0 Å². The Morgan fingerprint density at radius 2 is 2.10 bits per heavy atom. The van der Waals surface area contributed by atoms with E-state index in [9.17, 15) is 13.2 Å². The van der Waals surface area contributed by atoms with Crippen LogP contribution in [0.3, 0.4) is 0 Å². The van der Waals surface area contributed by atoms with Crippen LogP contribution in [0.5, 0.6) is 0 Å². The number of nitrogens with zero attached hydrogens (tertiary/aromatic N) is 2. The number of carbonyl (C=O) groups is 1. The average Bonchev–Trinajstić information content (AvgIpc) is 2.83. The van der Waals surface area contributed by atoms with Crippen LogP contribution in [0.25, 0.3) is 0 Å². The fraction of sp³-hybridized carbons (Fsp3) is 0.154. The molecule has 8 heteroatoms. The second-order valence-electron chi connectivity index (χ2n) is 4.40. The minimum atomic E-state index is -3.97. The predicted molar refractivity (Wildman–Crippen MR) is 79.0 cm³/mol. The summed E-state index contributed by atoms with van der Waals surface area (Å²) in [5, 5.41) is 9.31. The van der Waals surface area contributed by atoms with Gasteiger partial charge in [0, 0.05) is 24.5 Å². The predicted octanol–water partition coefficient (Wildman–Crippen LogP) is 1.96. The summed E-state index contributed by atoms with van der Waals surface area (Å²) in [5.74, 6) is -1.26. The maximum absolute atomic E-state index is 12.6. The molecule has 0 bridgehead atoms. The number of carboxylic acid groups (broad SMARTS) is 1. The molecule has 112 valence electrons. The van der Waals surface area contributed by atoms with Gasteiger partial charge in [0.2, 0.25) is 0 Å². The fourth-order valence-electron chi connectivity index (χ4n) is 1.83. The molecule has 0 aliphatic heterocycles. The minimum absolute atomic E-state index is 0.0197. The molecule has 0 amide bonds. The van der Waals surface area contributed by atoms with Gasteiger partial charge in [0.05, 0.1) is 5.69 Å². The summed E-state index contributed by atoms with van der Waals surface area (Å²) in [6.07, 6.45) is 2.98. The van der Waals surface area contributed by atoms with Crippen molar-refractivity contribution in [2.75, 3.05) is 10.8 Å². The smallest absolute Gasteiger partial charge is 0.324 e. The number of halogens is 1. The third-order valence-corrected chi connectivity index (χ3v) is 4.76. The number of hydrogen-bond donors (Lipinski definition) is 1. The maximum Gasteiger partial charge on any atom is 0.324 e. The van der Waals surface area contributed by atoms with E-state index in [1.54, 1.807) is 29.9 Å². The van der Waals surface area contributed by atoms with Crippen molar-refractivity contribution in [3.63, 3.8) is 0 Å². The summed E-state index contributed by atoms with van der Waals surface area (Å²) in [5.41, 5.74) is 0.203. The van der Waals surface area contributed by atoms with Crippen molar-refractivity contribution in [1.82, 2.24) is 4.57 Å². The zero-order valence-electron chi connectivity index (χ0n) is 11.1. The third-order valence-electron chi connectivity index (χ3n) is 2.77. The highest BCUT2D eigenvalue weighted by atomic mass is 35.5. The highest BCUT2D eigenvalue weighted by Gasteiger charge is 2.27. The molecule has 0 fully saturated rings. The standard InChI is InChI=1S/C13H13ClN2O4S/c1-15-6-5-12(8-15)21(19,20)16(9-13(17)18)11-4-2-3-10(14)7-11/h2-8H,9H2,1H3,(H,17,18). The molecule has 0 saturated carbocycles. The minimum Gasteiger partial charge on any atom is -0.480 e. The molecule has 0 saturated heterocycles. The van der Waals surface area contributed by atoms with E-state index in [0.717, 1.165) is 4.31 Å². The first-order valence-corrected chi connectivity index (χ1v) is 7.74. The van der Waals surface area contributed by atoms with E-state index >= 15 is 0 Å². The number of sulfonamides is 1. The first-order valence-electron chi connectivity index (χ1n) is 5.93. The van der Waals surface area contributed by atoms with Crippen molar-refractivity contribution in [2.45, 2.75) is 4.90 Å². The quantitative estimate of drug-likeness (QED) is 0.910. The zero-order chi connectivity index (χ0) is 15.6. The van der Waals surface area contributed by atoms with Crippen molar-refractivity contribution < 1.29 is 18.3 Å². The van der Waals surface area contributed by atoms with Crippen molar-refractivity contribution in [3.05, 3.63) is 47.7 Å². The van der Waals surface area contributed by atoms with Gasteiger partial charge in [-0.15, -0.1) is 0 Å². The largest absolute Gasteiger partial charge is 0.480 e. The summed E-state index contributed by atoms with van der Waals surface area (Å²) in [7, 11) is -2.29. The normalized spacial score (nSPS) is 11.3. The highest BCUT2D eigenvalue weighted by molar-refractivity contribution is 7.92. The van der Waals surface area contributed by atoms with E-state index in [4.69, 9.17) is 16.7 Å². The van der Waals surface area contributed by atoms with Crippen LogP contribution in [0, 0.1) is 0 Å². The molecule has 2 rings (SSSR count). The van der Waals surface area contributed by atoms with Gasteiger partial charge in [0.25, 0.3) is 10.0 Å². The SMILES string of the molecule is Cn1ccc(S(=O)(=O)N(CC(=O)O)c2cccc(Cl)c2)c1. The van der Waals surface area contributed by atoms with E-state index in [1.807, 2.05) is 0 Å². The van der Waals surface area contributed by atoms with Gasteiger partial charge in [-0.3, -0.25) is 9.10 Å². The summed E-state index contributed by atoms with van der Waals surface area (Å²) in [6.45, 7) is -0.683. The Bertz CT molecular complexity index is 770. The lowest BCUT2D eigenvalue weighted by Gasteiger charge is -2.22. The number of anilines is 1. The summed E-state index contributed by atoms with van der Waals surface area (Å²) < 4.78 is 27.6. The van der Waals surface area contributed by atoms with Gasteiger partial charge in [-0.1, -0.05) is 17.7 Å². The van der Waals surface area contributed by atoms with E-state index in [2.05, 4.69) is 0 Å². The topological polar surface area (TPSA) is 79.6 Å². The maximum atomic E-state index is 12.6. The van der Waals surface area contributed by atoms with Crippen LogP contribution in [-0.4, -0.2) is 30.6 Å². The number of rotatable bonds is 5. The Balaban J connectivity index is 2.52. The van der Waals surface area contributed by atoms with Gasteiger partial charge in [-0.25, -0.2) is 8.42 Å². The van der Waals surface area contributed by atoms with Crippen LogP contribution in [-0.2, 0) is 21.9 Å². The molecule has 6 nitrogen and oxygen atoms in total.